The number of nitrogens with zero attached hydrogens (tertiary/aromatic N) is 5. The maximum atomic E-state index is 13.6. The number of halogens is 1. The van der Waals surface area contributed by atoms with Crippen LogP contribution in [0.15, 0.2) is 36.4 Å². The Hall–Kier alpha value is -3.50. The minimum absolute atomic E-state index is 0.0170. The lowest BCUT2D eigenvalue weighted by Gasteiger charge is -2.31. The first kappa shape index (κ1) is 25.6. The van der Waals surface area contributed by atoms with Gasteiger partial charge in [-0.3, -0.25) is 19.3 Å². The van der Waals surface area contributed by atoms with Gasteiger partial charge < -0.3 is 15.5 Å². The highest BCUT2D eigenvalue weighted by Gasteiger charge is 2.27. The Kier molecular flexibility index (Phi) is 7.85. The maximum absolute atomic E-state index is 13.6. The van der Waals surface area contributed by atoms with Crippen molar-refractivity contribution in [1.29, 1.82) is 0 Å². The molecule has 0 aliphatic carbocycles. The first-order valence-corrected chi connectivity index (χ1v) is 12.2. The molecule has 0 unspecified atom stereocenters. The Morgan fingerprint density at radius 3 is 2.64 bits per heavy atom. The molecule has 1 aliphatic heterocycles. The molecule has 1 aromatic heterocycles. The molecular weight excluding hydrogens is 461 g/mol. The van der Waals surface area contributed by atoms with Gasteiger partial charge in [0.15, 0.2) is 0 Å². The number of amides is 2. The summed E-state index contributed by atoms with van der Waals surface area (Å²) in [4.78, 5) is 27.9. The quantitative estimate of drug-likeness (QED) is 0.418. The molecule has 10 heteroatoms. The summed E-state index contributed by atoms with van der Waals surface area (Å²) >= 11 is 0. The molecule has 0 bridgehead atoms. The number of carbonyl (C=O) groups is 2. The van der Waals surface area contributed by atoms with E-state index in [0.717, 1.165) is 40.0 Å². The minimum Gasteiger partial charge on any atom is -0.353 e. The van der Waals surface area contributed by atoms with Crippen LogP contribution in [0.4, 0.5) is 10.1 Å². The molecule has 2 heterocycles. The first-order valence-electron chi connectivity index (χ1n) is 12.2. The van der Waals surface area contributed by atoms with E-state index in [-0.39, 0.29) is 30.7 Å². The number of likely N-dealkylation sites (N-methyl/N-ethyl adjacent to an activating group) is 2. The molecule has 0 radical (unpaired) electrons. The highest BCUT2D eigenvalue weighted by Crippen LogP contribution is 2.26. The van der Waals surface area contributed by atoms with Gasteiger partial charge >= 0.3 is 0 Å². The van der Waals surface area contributed by atoms with Crippen molar-refractivity contribution >= 4 is 28.4 Å². The standard InChI is InChI=1S/C26H34FN7O2/c1-5-28-10-11-29-25(35)16-33(22-8-9-24-23(13-22)18(2)30-31(24)3)17-26(36)32(4)34-14-19-6-7-21(27)12-20(19)15-34/h6-9,12-13,28H,5,10-11,14-17H2,1-4H3,(H,29,35). The van der Waals surface area contributed by atoms with Gasteiger partial charge in [0.05, 0.1) is 24.3 Å². The molecule has 2 aromatic carbocycles. The number of nitrogens with one attached hydrogen (secondary N) is 2. The van der Waals surface area contributed by atoms with Crippen LogP contribution in [0, 0.1) is 12.7 Å². The van der Waals surface area contributed by atoms with Gasteiger partial charge in [0, 0.05) is 51.3 Å². The average molecular weight is 496 g/mol. The van der Waals surface area contributed by atoms with E-state index in [4.69, 9.17) is 0 Å². The van der Waals surface area contributed by atoms with Crippen molar-refractivity contribution in [3.63, 3.8) is 0 Å². The molecule has 1 aliphatic rings. The Bertz CT molecular complexity index is 1260. The van der Waals surface area contributed by atoms with E-state index >= 15 is 0 Å². The van der Waals surface area contributed by atoms with E-state index in [1.165, 1.54) is 12.1 Å². The number of hydrogen-bond acceptors (Lipinski definition) is 6. The van der Waals surface area contributed by atoms with E-state index in [0.29, 0.717) is 26.2 Å². The van der Waals surface area contributed by atoms with Crippen molar-refractivity contribution < 1.29 is 14.0 Å². The number of benzene rings is 2. The number of hydrazine groups is 1. The summed E-state index contributed by atoms with van der Waals surface area (Å²) in [5.41, 5.74) is 4.52. The summed E-state index contributed by atoms with van der Waals surface area (Å²) < 4.78 is 15.5. The van der Waals surface area contributed by atoms with Crippen molar-refractivity contribution in [3.05, 3.63) is 59.0 Å². The minimum atomic E-state index is -0.281. The highest BCUT2D eigenvalue weighted by atomic mass is 19.1. The molecule has 0 spiro atoms. The molecule has 0 saturated heterocycles. The lowest BCUT2D eigenvalue weighted by molar-refractivity contribution is -0.145. The lowest BCUT2D eigenvalue weighted by atomic mass is 10.1. The van der Waals surface area contributed by atoms with Gasteiger partial charge in [0.25, 0.3) is 5.91 Å². The summed E-state index contributed by atoms with van der Waals surface area (Å²) in [7, 11) is 3.61. The average Bonchev–Trinajstić information content (AvgIpc) is 3.40. The zero-order chi connectivity index (χ0) is 25.8. The second kappa shape index (κ2) is 11.0. The Morgan fingerprint density at radius 1 is 1.08 bits per heavy atom. The molecule has 0 saturated carbocycles. The van der Waals surface area contributed by atoms with Gasteiger partial charge in [-0.1, -0.05) is 13.0 Å². The normalized spacial score (nSPS) is 13.1. The van der Waals surface area contributed by atoms with Crippen LogP contribution in [0.25, 0.3) is 10.9 Å². The Balaban J connectivity index is 1.50. The Labute approximate surface area is 210 Å². The van der Waals surface area contributed by atoms with Crippen molar-refractivity contribution in [1.82, 2.24) is 30.4 Å². The van der Waals surface area contributed by atoms with Crippen LogP contribution in [0.3, 0.4) is 0 Å². The molecule has 0 fully saturated rings. The molecular formula is C26H34FN7O2. The molecule has 3 aromatic rings. The van der Waals surface area contributed by atoms with Crippen LogP contribution >= 0.6 is 0 Å². The maximum Gasteiger partial charge on any atom is 0.256 e. The molecule has 0 atom stereocenters. The number of fused-ring (bicyclic) bond motifs is 2. The zero-order valence-electron chi connectivity index (χ0n) is 21.3. The summed E-state index contributed by atoms with van der Waals surface area (Å²) in [5.74, 6) is -0.598. The summed E-state index contributed by atoms with van der Waals surface area (Å²) in [6, 6.07) is 10.6. The van der Waals surface area contributed by atoms with Gasteiger partial charge in [-0.25, -0.2) is 9.40 Å². The topological polar surface area (TPSA) is 85.7 Å². The fraction of sp³-hybridized carbons (Fsp3) is 0.423. The molecule has 2 amide bonds. The molecule has 9 nitrogen and oxygen atoms in total. The van der Waals surface area contributed by atoms with E-state index in [9.17, 15) is 14.0 Å². The summed E-state index contributed by atoms with van der Waals surface area (Å²) in [6.45, 7) is 7.03. The van der Waals surface area contributed by atoms with Gasteiger partial charge in [-0.2, -0.15) is 5.10 Å². The van der Waals surface area contributed by atoms with E-state index in [1.54, 1.807) is 23.0 Å². The van der Waals surface area contributed by atoms with Crippen molar-refractivity contribution in [2.75, 3.05) is 44.7 Å². The number of carbonyl (C=O) groups excluding carboxylic acids is 2. The number of anilines is 1. The van der Waals surface area contributed by atoms with Crippen LogP contribution < -0.4 is 15.5 Å². The zero-order valence-corrected chi connectivity index (χ0v) is 21.3. The van der Waals surface area contributed by atoms with Gasteiger partial charge in [-0.05, 0) is 54.9 Å². The van der Waals surface area contributed by atoms with Gasteiger partial charge in [0.2, 0.25) is 5.91 Å². The van der Waals surface area contributed by atoms with E-state index in [2.05, 4.69) is 15.7 Å². The summed E-state index contributed by atoms with van der Waals surface area (Å²) in [6.07, 6.45) is 0. The molecule has 2 N–H and O–H groups in total. The van der Waals surface area contributed by atoms with Gasteiger partial charge in [0.1, 0.15) is 5.82 Å². The van der Waals surface area contributed by atoms with Gasteiger partial charge in [-0.15, -0.1) is 0 Å². The van der Waals surface area contributed by atoms with Crippen LogP contribution in [0.5, 0.6) is 0 Å². The summed E-state index contributed by atoms with van der Waals surface area (Å²) in [5, 5.41) is 15.0. The van der Waals surface area contributed by atoms with Crippen LogP contribution in [-0.4, -0.2) is 71.4 Å². The largest absolute Gasteiger partial charge is 0.353 e. The smallest absolute Gasteiger partial charge is 0.256 e. The molecule has 36 heavy (non-hydrogen) atoms. The van der Waals surface area contributed by atoms with Crippen LogP contribution in [-0.2, 0) is 29.7 Å². The Morgan fingerprint density at radius 2 is 1.86 bits per heavy atom. The van der Waals surface area contributed by atoms with Crippen molar-refractivity contribution in [3.8, 4) is 0 Å². The fourth-order valence-corrected chi connectivity index (χ4v) is 4.54. The van der Waals surface area contributed by atoms with E-state index < -0.39 is 0 Å². The lowest BCUT2D eigenvalue weighted by Crippen LogP contribution is -2.48. The number of hydrogen-bond donors (Lipinski definition) is 2. The predicted octanol–water partition coefficient (Wildman–Crippen LogP) is 1.94. The van der Waals surface area contributed by atoms with Crippen molar-refractivity contribution in [2.24, 2.45) is 7.05 Å². The number of rotatable bonds is 10. The van der Waals surface area contributed by atoms with Crippen LogP contribution in [0.1, 0.15) is 23.7 Å². The highest BCUT2D eigenvalue weighted by molar-refractivity contribution is 5.90. The number of aromatic nitrogens is 2. The predicted molar refractivity (Wildman–Crippen MR) is 138 cm³/mol. The molecule has 192 valence electrons. The fourth-order valence-electron chi connectivity index (χ4n) is 4.54. The second-order valence-electron chi connectivity index (χ2n) is 9.12. The van der Waals surface area contributed by atoms with Crippen LogP contribution in [0.2, 0.25) is 0 Å². The number of aryl methyl sites for hydroxylation is 2. The third kappa shape index (κ3) is 5.66. The third-order valence-electron chi connectivity index (χ3n) is 6.58. The van der Waals surface area contributed by atoms with E-state index in [1.807, 2.05) is 48.8 Å². The monoisotopic (exact) mass is 495 g/mol. The first-order chi connectivity index (χ1) is 17.3. The van der Waals surface area contributed by atoms with Crippen molar-refractivity contribution in [2.45, 2.75) is 26.9 Å². The third-order valence-corrected chi connectivity index (χ3v) is 6.58. The second-order valence-corrected chi connectivity index (χ2v) is 9.12. The SMILES string of the molecule is CCNCCNC(=O)CN(CC(=O)N(C)N1Cc2ccc(F)cc2C1)c1ccc2c(c1)c(C)nn2C. The molecule has 4 rings (SSSR count).